The van der Waals surface area contributed by atoms with Crippen LogP contribution in [0.15, 0.2) is 0 Å². The minimum atomic E-state index is -4.01. The van der Waals surface area contributed by atoms with Crippen molar-refractivity contribution >= 4 is 0 Å². The van der Waals surface area contributed by atoms with Gasteiger partial charge in [-0.1, -0.05) is 0 Å². The molecule has 3 rings (SSSR count). The van der Waals surface area contributed by atoms with Crippen LogP contribution in [0.25, 0.3) is 0 Å². The molecule has 2 N–H and O–H groups in total. The molecule has 0 amide bonds. The Balaban J connectivity index is 1.45. The maximum absolute atomic E-state index is 12.6. The summed E-state index contributed by atoms with van der Waals surface area (Å²) in [6.07, 6.45) is -1.30. The molecular weight excluding hydrogens is 217 g/mol. The zero-order valence-corrected chi connectivity index (χ0v) is 9.16. The number of hydrogen-bond donors (Lipinski definition) is 2. The molecule has 1 spiro atoms. The second-order valence-electron chi connectivity index (χ2n) is 5.87. The molecule has 1 saturated heterocycles. The van der Waals surface area contributed by atoms with Gasteiger partial charge < -0.3 is 10.6 Å². The third kappa shape index (κ3) is 1.56. The molecule has 2 saturated carbocycles. The van der Waals surface area contributed by atoms with Crippen molar-refractivity contribution in [2.75, 3.05) is 19.6 Å². The van der Waals surface area contributed by atoms with Crippen LogP contribution in [0.1, 0.15) is 25.7 Å². The highest BCUT2D eigenvalue weighted by Gasteiger charge is 2.63. The predicted octanol–water partition coefficient (Wildman–Crippen LogP) is 1.67. The largest absolute Gasteiger partial charge is 0.395 e. The van der Waals surface area contributed by atoms with Crippen LogP contribution < -0.4 is 10.6 Å². The maximum Gasteiger partial charge on any atom is 0.395 e. The van der Waals surface area contributed by atoms with Crippen molar-refractivity contribution in [1.29, 1.82) is 0 Å². The highest BCUT2D eigenvalue weighted by atomic mass is 19.4. The van der Waals surface area contributed by atoms with E-state index < -0.39 is 11.6 Å². The van der Waals surface area contributed by atoms with Crippen LogP contribution in [0.2, 0.25) is 0 Å². The van der Waals surface area contributed by atoms with Crippen molar-refractivity contribution in [3.8, 4) is 0 Å². The van der Waals surface area contributed by atoms with Gasteiger partial charge in [0.05, 0.1) is 5.41 Å². The lowest BCUT2D eigenvalue weighted by Gasteiger charge is -2.54. The summed E-state index contributed by atoms with van der Waals surface area (Å²) in [5.74, 6) is 0. The minimum absolute atomic E-state index is 0.130. The zero-order valence-electron chi connectivity index (χ0n) is 9.16. The monoisotopic (exact) mass is 234 g/mol. The lowest BCUT2D eigenvalue weighted by Crippen LogP contribution is -2.65. The molecule has 1 aliphatic heterocycles. The van der Waals surface area contributed by atoms with Crippen molar-refractivity contribution < 1.29 is 13.2 Å². The van der Waals surface area contributed by atoms with Gasteiger partial charge in [0.1, 0.15) is 0 Å². The van der Waals surface area contributed by atoms with Gasteiger partial charge in [-0.25, -0.2) is 0 Å². The van der Waals surface area contributed by atoms with Crippen LogP contribution in [0.4, 0.5) is 13.2 Å². The predicted molar refractivity (Wildman–Crippen MR) is 54.0 cm³/mol. The van der Waals surface area contributed by atoms with Gasteiger partial charge in [0, 0.05) is 25.7 Å². The van der Waals surface area contributed by atoms with Gasteiger partial charge in [-0.05, 0) is 31.1 Å². The van der Waals surface area contributed by atoms with Crippen LogP contribution in [0, 0.1) is 10.8 Å². The normalized spacial score (nSPS) is 30.9. The Morgan fingerprint density at radius 3 is 2.19 bits per heavy atom. The van der Waals surface area contributed by atoms with Crippen LogP contribution in [0.5, 0.6) is 0 Å². The Morgan fingerprint density at radius 2 is 1.81 bits per heavy atom. The molecule has 0 aromatic carbocycles. The van der Waals surface area contributed by atoms with Crippen molar-refractivity contribution in [3.05, 3.63) is 0 Å². The minimum Gasteiger partial charge on any atom is -0.316 e. The highest BCUT2D eigenvalue weighted by molar-refractivity contribution is 5.07. The summed E-state index contributed by atoms with van der Waals surface area (Å²) in [6.45, 7) is 2.23. The van der Waals surface area contributed by atoms with Gasteiger partial charge in [-0.3, -0.25) is 0 Å². The van der Waals surface area contributed by atoms with E-state index in [1.54, 1.807) is 0 Å². The Bertz CT molecular complexity index is 284. The third-order valence-corrected chi connectivity index (χ3v) is 4.54. The summed E-state index contributed by atoms with van der Waals surface area (Å²) in [5.41, 5.74) is -0.944. The summed E-state index contributed by atoms with van der Waals surface area (Å²) >= 11 is 0. The van der Waals surface area contributed by atoms with Crippen LogP contribution in [-0.2, 0) is 0 Å². The molecule has 0 aromatic rings. The lowest BCUT2D eigenvalue weighted by molar-refractivity contribution is -0.186. The SMILES string of the molecule is FC(F)(F)C1(CNC2CC3(CNC3)C2)CC1. The van der Waals surface area contributed by atoms with Gasteiger partial charge >= 0.3 is 6.18 Å². The second-order valence-corrected chi connectivity index (χ2v) is 5.87. The van der Waals surface area contributed by atoms with Crippen molar-refractivity contribution in [3.63, 3.8) is 0 Å². The molecule has 0 aromatic heterocycles. The van der Waals surface area contributed by atoms with Gasteiger partial charge in [0.2, 0.25) is 0 Å². The van der Waals surface area contributed by atoms with E-state index in [4.69, 9.17) is 0 Å². The fourth-order valence-electron chi connectivity index (χ4n) is 2.95. The quantitative estimate of drug-likeness (QED) is 0.776. The number of alkyl halides is 3. The average Bonchev–Trinajstić information content (AvgIpc) is 2.77. The first-order valence-electron chi connectivity index (χ1n) is 5.96. The molecule has 2 aliphatic carbocycles. The van der Waals surface area contributed by atoms with Crippen molar-refractivity contribution in [2.24, 2.45) is 10.8 Å². The second kappa shape index (κ2) is 3.13. The average molecular weight is 234 g/mol. The van der Waals surface area contributed by atoms with Crippen molar-refractivity contribution in [2.45, 2.75) is 37.9 Å². The van der Waals surface area contributed by atoms with Gasteiger partial charge in [0.25, 0.3) is 0 Å². The highest BCUT2D eigenvalue weighted by Crippen LogP contribution is 2.57. The fraction of sp³-hybridized carbons (Fsp3) is 1.00. The number of nitrogens with one attached hydrogen (secondary N) is 2. The molecule has 3 fully saturated rings. The molecule has 2 nitrogen and oxygen atoms in total. The van der Waals surface area contributed by atoms with E-state index in [-0.39, 0.29) is 6.54 Å². The first-order chi connectivity index (χ1) is 7.45. The first-order valence-corrected chi connectivity index (χ1v) is 5.96. The Morgan fingerprint density at radius 1 is 1.19 bits per heavy atom. The summed E-state index contributed by atoms with van der Waals surface area (Å²) in [4.78, 5) is 0. The molecule has 0 unspecified atom stereocenters. The number of rotatable bonds is 3. The van der Waals surface area contributed by atoms with E-state index in [0.29, 0.717) is 24.3 Å². The van der Waals surface area contributed by atoms with Gasteiger partial charge in [-0.2, -0.15) is 13.2 Å². The van der Waals surface area contributed by atoms with E-state index in [0.717, 1.165) is 25.9 Å². The molecule has 3 aliphatic rings. The Kier molecular flexibility index (Phi) is 2.12. The summed E-state index contributed by atoms with van der Waals surface area (Å²) < 4.78 is 37.9. The molecule has 0 radical (unpaired) electrons. The fourth-order valence-corrected chi connectivity index (χ4v) is 2.95. The first kappa shape index (κ1) is 10.8. The van der Waals surface area contributed by atoms with Crippen LogP contribution in [0.3, 0.4) is 0 Å². The zero-order chi connectivity index (χ0) is 11.4. The Labute approximate surface area is 93.0 Å². The molecular formula is C11H17F3N2. The molecule has 16 heavy (non-hydrogen) atoms. The molecule has 1 heterocycles. The molecule has 0 atom stereocenters. The summed E-state index contributed by atoms with van der Waals surface area (Å²) in [6, 6.07) is 0.321. The van der Waals surface area contributed by atoms with Crippen LogP contribution >= 0.6 is 0 Å². The lowest BCUT2D eigenvalue weighted by atomic mass is 9.61. The smallest absolute Gasteiger partial charge is 0.316 e. The van der Waals surface area contributed by atoms with E-state index in [9.17, 15) is 13.2 Å². The standard InChI is InChI=1S/C11H17F3N2/c12-11(13,14)10(1-2-10)7-16-8-3-9(4-8)5-15-6-9/h8,15-16H,1-7H2. The van der Waals surface area contributed by atoms with E-state index in [1.807, 2.05) is 0 Å². The molecule has 92 valence electrons. The van der Waals surface area contributed by atoms with Crippen molar-refractivity contribution in [1.82, 2.24) is 10.6 Å². The number of hydrogen-bond acceptors (Lipinski definition) is 2. The van der Waals surface area contributed by atoms with E-state index in [2.05, 4.69) is 10.6 Å². The summed E-state index contributed by atoms with van der Waals surface area (Å²) in [7, 11) is 0. The van der Waals surface area contributed by atoms with E-state index >= 15 is 0 Å². The van der Waals surface area contributed by atoms with Gasteiger partial charge in [0.15, 0.2) is 0 Å². The third-order valence-electron chi connectivity index (χ3n) is 4.54. The molecule has 0 bridgehead atoms. The van der Waals surface area contributed by atoms with E-state index in [1.165, 1.54) is 0 Å². The maximum atomic E-state index is 12.6. The Hall–Kier alpha value is -0.290. The summed E-state index contributed by atoms with van der Waals surface area (Å²) in [5, 5.41) is 6.33. The molecule has 5 heteroatoms. The topological polar surface area (TPSA) is 24.1 Å². The van der Waals surface area contributed by atoms with Crippen LogP contribution in [-0.4, -0.2) is 31.9 Å². The number of halogens is 3. The van der Waals surface area contributed by atoms with Gasteiger partial charge in [-0.15, -0.1) is 0 Å².